The van der Waals surface area contributed by atoms with Gasteiger partial charge in [-0.1, -0.05) is 71.1 Å². The summed E-state index contributed by atoms with van der Waals surface area (Å²) in [5.74, 6) is 1.35. The van der Waals surface area contributed by atoms with Gasteiger partial charge in [0.25, 0.3) is 0 Å². The molecular formula is C23H38N2O3. The second kappa shape index (κ2) is 16.0. The Bertz CT molecular complexity index is 573. The fourth-order valence-corrected chi connectivity index (χ4v) is 3.12. The van der Waals surface area contributed by atoms with Crippen LogP contribution >= 0.6 is 0 Å². The maximum Gasteiger partial charge on any atom is 0.240 e. The summed E-state index contributed by atoms with van der Waals surface area (Å²) in [4.78, 5) is 11.9. The molecule has 0 unspecified atom stereocenters. The lowest BCUT2D eigenvalue weighted by Crippen LogP contribution is -2.17. The number of amides is 1. The summed E-state index contributed by atoms with van der Waals surface area (Å²) in [6, 6.07) is 5.45. The van der Waals surface area contributed by atoms with Gasteiger partial charge >= 0.3 is 0 Å². The third-order valence-corrected chi connectivity index (χ3v) is 4.84. The first-order valence-electron chi connectivity index (χ1n) is 10.7. The van der Waals surface area contributed by atoms with E-state index in [1.54, 1.807) is 20.4 Å². The largest absolute Gasteiger partial charge is 0.497 e. The Labute approximate surface area is 170 Å². The number of hydrogen-bond acceptors (Lipinski definition) is 4. The molecule has 0 spiro atoms. The number of carbonyl (C=O) groups is 1. The van der Waals surface area contributed by atoms with E-state index in [0.29, 0.717) is 12.2 Å². The predicted octanol–water partition coefficient (Wildman–Crippen LogP) is 5.86. The van der Waals surface area contributed by atoms with Gasteiger partial charge in [-0.2, -0.15) is 5.10 Å². The van der Waals surface area contributed by atoms with Crippen molar-refractivity contribution in [1.29, 1.82) is 0 Å². The molecule has 1 N–H and O–H groups in total. The minimum Gasteiger partial charge on any atom is -0.497 e. The van der Waals surface area contributed by atoms with Gasteiger partial charge in [-0.3, -0.25) is 4.79 Å². The Morgan fingerprint density at radius 2 is 1.54 bits per heavy atom. The standard InChI is InChI=1S/C23H38N2O3/c1-4-5-6-7-8-9-10-11-12-13-14-15-23(26)25-24-19-20-18-21(27-2)16-17-22(20)28-3/h16-19H,4-15H2,1-3H3,(H,25,26)/b24-19-. The highest BCUT2D eigenvalue weighted by atomic mass is 16.5. The van der Waals surface area contributed by atoms with Crippen molar-refractivity contribution in [2.24, 2.45) is 5.10 Å². The van der Waals surface area contributed by atoms with Crippen molar-refractivity contribution in [3.8, 4) is 11.5 Å². The number of unbranched alkanes of at least 4 members (excludes halogenated alkanes) is 10. The molecule has 158 valence electrons. The highest BCUT2D eigenvalue weighted by Crippen LogP contribution is 2.22. The summed E-state index contributed by atoms with van der Waals surface area (Å²) < 4.78 is 10.5. The van der Waals surface area contributed by atoms with Crippen molar-refractivity contribution in [1.82, 2.24) is 5.43 Å². The number of hydrazone groups is 1. The van der Waals surface area contributed by atoms with Gasteiger partial charge in [0.15, 0.2) is 0 Å². The molecule has 1 amide bonds. The molecule has 0 fully saturated rings. The lowest BCUT2D eigenvalue weighted by atomic mass is 10.1. The number of hydrogen-bond donors (Lipinski definition) is 1. The van der Waals surface area contributed by atoms with Crippen LogP contribution in [-0.4, -0.2) is 26.3 Å². The highest BCUT2D eigenvalue weighted by molar-refractivity contribution is 5.85. The Morgan fingerprint density at radius 3 is 2.11 bits per heavy atom. The van der Waals surface area contributed by atoms with Crippen LogP contribution in [0.25, 0.3) is 0 Å². The van der Waals surface area contributed by atoms with Gasteiger partial charge < -0.3 is 9.47 Å². The molecule has 0 heterocycles. The Morgan fingerprint density at radius 1 is 0.929 bits per heavy atom. The minimum absolute atomic E-state index is 0.0472. The summed E-state index contributed by atoms with van der Waals surface area (Å²) >= 11 is 0. The molecule has 1 rings (SSSR count). The molecule has 0 bridgehead atoms. The van der Waals surface area contributed by atoms with Crippen molar-refractivity contribution in [3.05, 3.63) is 23.8 Å². The van der Waals surface area contributed by atoms with Crippen LogP contribution in [0.15, 0.2) is 23.3 Å². The van der Waals surface area contributed by atoms with Crippen molar-refractivity contribution in [2.75, 3.05) is 14.2 Å². The smallest absolute Gasteiger partial charge is 0.240 e. The number of methoxy groups -OCH3 is 2. The van der Waals surface area contributed by atoms with Gasteiger partial charge in [0.05, 0.1) is 20.4 Å². The molecule has 1 aromatic rings. The van der Waals surface area contributed by atoms with E-state index in [4.69, 9.17) is 9.47 Å². The van der Waals surface area contributed by atoms with Gasteiger partial charge in [-0.25, -0.2) is 5.43 Å². The average Bonchev–Trinajstić information content (AvgIpc) is 2.71. The quantitative estimate of drug-likeness (QED) is 0.219. The van der Waals surface area contributed by atoms with E-state index in [9.17, 15) is 4.79 Å². The number of nitrogens with one attached hydrogen (secondary N) is 1. The molecule has 0 saturated heterocycles. The first-order chi connectivity index (χ1) is 13.7. The number of carbonyl (C=O) groups excluding carboxylic acids is 1. The number of ether oxygens (including phenoxy) is 2. The zero-order valence-corrected chi connectivity index (χ0v) is 18.0. The second-order valence-corrected chi connectivity index (χ2v) is 7.19. The van der Waals surface area contributed by atoms with E-state index < -0.39 is 0 Å². The van der Waals surface area contributed by atoms with Crippen molar-refractivity contribution in [2.45, 2.75) is 84.0 Å². The fraction of sp³-hybridized carbons (Fsp3) is 0.652. The van der Waals surface area contributed by atoms with Gasteiger partial charge in [-0.15, -0.1) is 0 Å². The first-order valence-corrected chi connectivity index (χ1v) is 10.7. The molecule has 0 saturated carbocycles. The van der Waals surface area contributed by atoms with Crippen LogP contribution < -0.4 is 14.9 Å². The molecule has 28 heavy (non-hydrogen) atoms. The molecule has 1 aromatic carbocycles. The molecule has 0 aliphatic carbocycles. The Balaban J connectivity index is 2.10. The summed E-state index contributed by atoms with van der Waals surface area (Å²) in [6.45, 7) is 2.25. The van der Waals surface area contributed by atoms with E-state index in [2.05, 4.69) is 17.5 Å². The fourth-order valence-electron chi connectivity index (χ4n) is 3.12. The number of benzene rings is 1. The maximum atomic E-state index is 11.9. The highest BCUT2D eigenvalue weighted by Gasteiger charge is 2.03. The normalized spacial score (nSPS) is 11.0. The number of nitrogens with zero attached hydrogens (tertiary/aromatic N) is 1. The van der Waals surface area contributed by atoms with Crippen molar-refractivity contribution >= 4 is 12.1 Å². The molecule has 0 aromatic heterocycles. The summed E-state index contributed by atoms with van der Waals surface area (Å²) in [7, 11) is 3.21. The monoisotopic (exact) mass is 390 g/mol. The van der Waals surface area contributed by atoms with Crippen molar-refractivity contribution < 1.29 is 14.3 Å². The van der Waals surface area contributed by atoms with Crippen LogP contribution in [0.3, 0.4) is 0 Å². The summed E-state index contributed by atoms with van der Waals surface area (Å²) in [5, 5.41) is 4.04. The molecule has 0 atom stereocenters. The summed E-state index contributed by atoms with van der Waals surface area (Å²) in [5.41, 5.74) is 3.35. The molecule has 5 nitrogen and oxygen atoms in total. The van der Waals surface area contributed by atoms with Crippen LogP contribution in [0.1, 0.15) is 89.5 Å². The second-order valence-electron chi connectivity index (χ2n) is 7.19. The zero-order chi connectivity index (χ0) is 20.5. The third kappa shape index (κ3) is 11.0. The average molecular weight is 391 g/mol. The number of rotatable bonds is 16. The van der Waals surface area contributed by atoms with Gasteiger partial charge in [0.1, 0.15) is 11.5 Å². The molecule has 0 aliphatic heterocycles. The molecule has 0 radical (unpaired) electrons. The topological polar surface area (TPSA) is 59.9 Å². The molecule has 0 aliphatic rings. The predicted molar refractivity (Wildman–Crippen MR) is 116 cm³/mol. The van der Waals surface area contributed by atoms with Crippen LogP contribution in [0.4, 0.5) is 0 Å². The van der Waals surface area contributed by atoms with E-state index >= 15 is 0 Å². The third-order valence-electron chi connectivity index (χ3n) is 4.84. The molecule has 5 heteroatoms. The van der Waals surface area contributed by atoms with E-state index in [1.807, 2.05) is 18.2 Å². The van der Waals surface area contributed by atoms with Gasteiger partial charge in [0, 0.05) is 12.0 Å². The van der Waals surface area contributed by atoms with E-state index in [1.165, 1.54) is 57.8 Å². The van der Waals surface area contributed by atoms with Crippen LogP contribution in [0.2, 0.25) is 0 Å². The zero-order valence-electron chi connectivity index (χ0n) is 18.0. The van der Waals surface area contributed by atoms with Gasteiger partial charge in [-0.05, 0) is 24.6 Å². The summed E-state index contributed by atoms with van der Waals surface area (Å²) in [6.07, 6.45) is 16.1. The maximum absolute atomic E-state index is 11.9. The van der Waals surface area contributed by atoms with Crippen LogP contribution in [0.5, 0.6) is 11.5 Å². The Kier molecular flexibility index (Phi) is 13.7. The van der Waals surface area contributed by atoms with Crippen molar-refractivity contribution in [3.63, 3.8) is 0 Å². The van der Waals surface area contributed by atoms with Crippen LogP contribution in [0, 0.1) is 0 Å². The van der Waals surface area contributed by atoms with Crippen LogP contribution in [-0.2, 0) is 4.79 Å². The van der Waals surface area contributed by atoms with Gasteiger partial charge in [0.2, 0.25) is 5.91 Å². The molecular weight excluding hydrogens is 352 g/mol. The van der Waals surface area contributed by atoms with E-state index in [-0.39, 0.29) is 5.91 Å². The lowest BCUT2D eigenvalue weighted by Gasteiger charge is -2.06. The lowest BCUT2D eigenvalue weighted by molar-refractivity contribution is -0.121. The Hall–Kier alpha value is -2.04. The first kappa shape index (κ1) is 24.0. The minimum atomic E-state index is -0.0472. The SMILES string of the molecule is CCCCCCCCCCCCCC(=O)N/N=C\c1cc(OC)ccc1OC. The van der Waals surface area contributed by atoms with E-state index in [0.717, 1.165) is 24.2 Å².